The van der Waals surface area contributed by atoms with E-state index in [1.165, 1.54) is 22.3 Å². The zero-order valence-corrected chi connectivity index (χ0v) is 26.6. The molecule has 0 spiro atoms. The van der Waals surface area contributed by atoms with Gasteiger partial charge in [-0.3, -0.25) is 4.79 Å². The van der Waals surface area contributed by atoms with Gasteiger partial charge in [-0.05, 0) is 84.5 Å². The summed E-state index contributed by atoms with van der Waals surface area (Å²) in [5, 5.41) is 8.59. The molecule has 3 aliphatic carbocycles. The lowest BCUT2D eigenvalue weighted by molar-refractivity contribution is -0.123. The highest BCUT2D eigenvalue weighted by Gasteiger charge is 2.49. The standard InChI is InChI=1S/C37H47N3O5/c1-25(2)20-22-38-35(41)34(40-37(43)45-24-33-30-13-5-3-4-6-14-31(30)33)19-11-12-21-39-36(42)44-23-32-28-17-9-7-15-26(28)27-16-8-10-18-29(27)32/h7-10,15-18,25,30-34H,5-6,11-14,19-24H2,1-2H3,(H,38,41)(H,39,42)(H,40,43). The minimum atomic E-state index is -0.694. The molecule has 0 bridgehead atoms. The molecule has 2 aromatic carbocycles. The number of benzene rings is 2. The average molecular weight is 614 g/mol. The van der Waals surface area contributed by atoms with Gasteiger partial charge in [-0.2, -0.15) is 0 Å². The van der Waals surface area contributed by atoms with Gasteiger partial charge in [0.1, 0.15) is 12.6 Å². The van der Waals surface area contributed by atoms with Crippen LogP contribution in [-0.2, 0) is 14.3 Å². The van der Waals surface area contributed by atoms with Crippen molar-refractivity contribution in [3.63, 3.8) is 0 Å². The van der Waals surface area contributed by atoms with E-state index < -0.39 is 18.2 Å². The van der Waals surface area contributed by atoms with Crippen LogP contribution < -0.4 is 16.0 Å². The lowest BCUT2D eigenvalue weighted by atomic mass is 9.98. The molecular weight excluding hydrogens is 566 g/mol. The quantitative estimate of drug-likeness (QED) is 0.169. The van der Waals surface area contributed by atoms with Gasteiger partial charge in [-0.15, -0.1) is 11.8 Å². The Morgan fingerprint density at radius 2 is 1.40 bits per heavy atom. The van der Waals surface area contributed by atoms with Crippen LogP contribution in [0.4, 0.5) is 9.59 Å². The molecule has 0 aliphatic heterocycles. The van der Waals surface area contributed by atoms with Crippen LogP contribution in [0.3, 0.4) is 0 Å². The lowest BCUT2D eigenvalue weighted by Crippen LogP contribution is -2.47. The van der Waals surface area contributed by atoms with Gasteiger partial charge >= 0.3 is 12.2 Å². The van der Waals surface area contributed by atoms with E-state index in [-0.39, 0.29) is 18.4 Å². The summed E-state index contributed by atoms with van der Waals surface area (Å²) < 4.78 is 11.2. The third-order valence-corrected chi connectivity index (χ3v) is 9.41. The van der Waals surface area contributed by atoms with Crippen LogP contribution in [0, 0.1) is 35.5 Å². The van der Waals surface area contributed by atoms with Crippen molar-refractivity contribution in [2.45, 2.75) is 77.2 Å². The van der Waals surface area contributed by atoms with E-state index in [2.05, 4.69) is 65.9 Å². The summed E-state index contributed by atoms with van der Waals surface area (Å²) in [7, 11) is 0. The lowest BCUT2D eigenvalue weighted by Gasteiger charge is -2.19. The molecule has 0 heterocycles. The number of carbonyl (C=O) groups is 3. The molecule has 3 atom stereocenters. The summed E-state index contributed by atoms with van der Waals surface area (Å²) in [4.78, 5) is 38.2. The van der Waals surface area contributed by atoms with Crippen LogP contribution in [0.15, 0.2) is 48.5 Å². The molecule has 1 fully saturated rings. The zero-order valence-electron chi connectivity index (χ0n) is 26.6. The molecular formula is C37H47N3O5. The summed E-state index contributed by atoms with van der Waals surface area (Å²) in [5.41, 5.74) is 4.72. The van der Waals surface area contributed by atoms with Gasteiger partial charge in [-0.25, -0.2) is 9.59 Å². The molecule has 3 amide bonds. The molecule has 0 aromatic heterocycles. The maximum atomic E-state index is 13.0. The minimum absolute atomic E-state index is 0.0101. The van der Waals surface area contributed by atoms with Crippen molar-refractivity contribution in [3.05, 3.63) is 59.7 Å². The van der Waals surface area contributed by atoms with Gasteiger partial charge in [-0.1, -0.05) is 62.4 Å². The van der Waals surface area contributed by atoms with Gasteiger partial charge in [0.25, 0.3) is 0 Å². The molecule has 0 saturated heterocycles. The van der Waals surface area contributed by atoms with Crippen molar-refractivity contribution < 1.29 is 23.9 Å². The van der Waals surface area contributed by atoms with Crippen LogP contribution >= 0.6 is 0 Å². The van der Waals surface area contributed by atoms with Crippen molar-refractivity contribution >= 4 is 18.1 Å². The average Bonchev–Trinajstić information content (AvgIpc) is 3.55. The number of ether oxygens (including phenoxy) is 2. The SMILES string of the molecule is CC(C)CCNC(=O)C(CCCCNC(=O)OCC1c2ccccc2-c2ccccc21)NC(=O)OCC1C2CCC#CCCC21. The van der Waals surface area contributed by atoms with Crippen molar-refractivity contribution in [1.29, 1.82) is 0 Å². The van der Waals surface area contributed by atoms with Crippen molar-refractivity contribution in [3.8, 4) is 23.0 Å². The molecule has 1 saturated carbocycles. The number of amides is 3. The number of carbonyl (C=O) groups excluding carboxylic acids is 3. The van der Waals surface area contributed by atoms with Gasteiger partial charge in [0.05, 0.1) is 6.61 Å². The summed E-state index contributed by atoms with van der Waals surface area (Å²) >= 11 is 0. The molecule has 0 radical (unpaired) electrons. The van der Waals surface area contributed by atoms with Crippen LogP contribution in [0.5, 0.6) is 0 Å². The highest BCUT2D eigenvalue weighted by Crippen LogP contribution is 2.52. The summed E-state index contributed by atoms with van der Waals surface area (Å²) in [6, 6.07) is 15.8. The Morgan fingerprint density at radius 3 is 2.04 bits per heavy atom. The molecule has 5 rings (SSSR count). The molecule has 240 valence electrons. The highest BCUT2D eigenvalue weighted by atomic mass is 16.6. The largest absolute Gasteiger partial charge is 0.449 e. The van der Waals surface area contributed by atoms with E-state index in [1.807, 2.05) is 24.3 Å². The Morgan fingerprint density at radius 1 is 0.778 bits per heavy atom. The molecule has 8 nitrogen and oxygen atoms in total. The van der Waals surface area contributed by atoms with E-state index in [1.54, 1.807) is 0 Å². The van der Waals surface area contributed by atoms with E-state index in [0.29, 0.717) is 62.6 Å². The monoisotopic (exact) mass is 613 g/mol. The summed E-state index contributed by atoms with van der Waals surface area (Å²) in [6.45, 7) is 5.83. The molecule has 8 heteroatoms. The van der Waals surface area contributed by atoms with Crippen LogP contribution in [0.25, 0.3) is 11.1 Å². The van der Waals surface area contributed by atoms with Gasteiger partial charge in [0.2, 0.25) is 5.91 Å². The van der Waals surface area contributed by atoms with Crippen LogP contribution in [0.1, 0.15) is 82.3 Å². The first-order chi connectivity index (χ1) is 21.9. The summed E-state index contributed by atoms with van der Waals surface area (Å²) in [6.07, 6.45) is 5.55. The second kappa shape index (κ2) is 15.8. The van der Waals surface area contributed by atoms with E-state index in [0.717, 1.165) is 32.1 Å². The number of fused-ring (bicyclic) bond motifs is 4. The fraction of sp³-hybridized carbons (Fsp3) is 0.541. The molecule has 3 aliphatic rings. The third-order valence-electron chi connectivity index (χ3n) is 9.41. The number of unbranched alkanes of at least 4 members (excludes halogenated alkanes) is 1. The fourth-order valence-corrected chi connectivity index (χ4v) is 6.83. The summed E-state index contributed by atoms with van der Waals surface area (Å²) in [5.74, 6) is 8.25. The number of rotatable bonds is 14. The number of hydrogen-bond acceptors (Lipinski definition) is 5. The Balaban J connectivity index is 1.03. The molecule has 2 aromatic rings. The minimum Gasteiger partial charge on any atom is -0.449 e. The Hall–Kier alpha value is -3.99. The first-order valence-corrected chi connectivity index (χ1v) is 16.7. The van der Waals surface area contributed by atoms with Crippen molar-refractivity contribution in [2.75, 3.05) is 26.3 Å². The highest BCUT2D eigenvalue weighted by molar-refractivity contribution is 5.85. The second-order valence-corrected chi connectivity index (χ2v) is 12.9. The van der Waals surface area contributed by atoms with Crippen molar-refractivity contribution in [2.24, 2.45) is 23.7 Å². The Labute approximate surface area is 267 Å². The maximum absolute atomic E-state index is 13.0. The number of nitrogens with one attached hydrogen (secondary N) is 3. The molecule has 3 N–H and O–H groups in total. The smallest absolute Gasteiger partial charge is 0.407 e. The maximum Gasteiger partial charge on any atom is 0.407 e. The number of hydrogen-bond donors (Lipinski definition) is 3. The third kappa shape index (κ3) is 8.81. The Kier molecular flexibility index (Phi) is 11.4. The molecule has 3 unspecified atom stereocenters. The zero-order chi connectivity index (χ0) is 31.6. The van der Waals surface area contributed by atoms with Gasteiger partial charge < -0.3 is 25.4 Å². The first-order valence-electron chi connectivity index (χ1n) is 16.7. The van der Waals surface area contributed by atoms with E-state index >= 15 is 0 Å². The van der Waals surface area contributed by atoms with E-state index in [4.69, 9.17) is 9.47 Å². The van der Waals surface area contributed by atoms with Crippen LogP contribution in [0.2, 0.25) is 0 Å². The normalized spacial score (nSPS) is 20.2. The van der Waals surface area contributed by atoms with Crippen LogP contribution in [-0.4, -0.2) is 50.4 Å². The Bertz CT molecular complexity index is 1330. The topological polar surface area (TPSA) is 106 Å². The fourth-order valence-electron chi connectivity index (χ4n) is 6.83. The second-order valence-electron chi connectivity index (χ2n) is 12.9. The van der Waals surface area contributed by atoms with Gasteiger partial charge in [0.15, 0.2) is 0 Å². The van der Waals surface area contributed by atoms with Gasteiger partial charge in [0, 0.05) is 31.8 Å². The molecule has 45 heavy (non-hydrogen) atoms. The van der Waals surface area contributed by atoms with Crippen molar-refractivity contribution in [1.82, 2.24) is 16.0 Å². The first kappa shape index (κ1) is 32.4. The number of alkyl carbamates (subject to hydrolysis) is 2. The predicted octanol–water partition coefficient (Wildman–Crippen LogP) is 6.39. The predicted molar refractivity (Wildman–Crippen MR) is 174 cm³/mol. The van der Waals surface area contributed by atoms with E-state index in [9.17, 15) is 14.4 Å².